The molecule has 3 heterocycles. The van der Waals surface area contributed by atoms with Crippen LogP contribution in [0.4, 0.5) is 0 Å². The summed E-state index contributed by atoms with van der Waals surface area (Å²) in [6, 6.07) is 8.64. The van der Waals surface area contributed by atoms with Crippen LogP contribution in [0.15, 0.2) is 29.3 Å². The van der Waals surface area contributed by atoms with Gasteiger partial charge in [-0.2, -0.15) is 0 Å². The number of rotatable bonds is 4. The van der Waals surface area contributed by atoms with Gasteiger partial charge in [-0.05, 0) is 51.5 Å². The second-order valence-electron chi connectivity index (χ2n) is 9.12. The van der Waals surface area contributed by atoms with E-state index in [-0.39, 0.29) is 35.6 Å². The number of nitrogens with zero attached hydrogens (tertiary/aromatic N) is 4. The molecule has 1 saturated carbocycles. The number of aromatic nitrogens is 3. The monoisotopic (exact) mass is 550 g/mol. The molecule has 0 saturated heterocycles. The van der Waals surface area contributed by atoms with Crippen molar-refractivity contribution in [3.8, 4) is 5.75 Å². The number of aryl methyl sites for hydroxylation is 1. The van der Waals surface area contributed by atoms with Gasteiger partial charge in [0.25, 0.3) is 0 Å². The van der Waals surface area contributed by atoms with Crippen molar-refractivity contribution < 1.29 is 4.74 Å². The van der Waals surface area contributed by atoms with Crippen molar-refractivity contribution in [2.24, 2.45) is 4.99 Å². The average Bonchev–Trinajstić information content (AvgIpc) is 3.31. The van der Waals surface area contributed by atoms with E-state index >= 15 is 0 Å². The van der Waals surface area contributed by atoms with Crippen LogP contribution in [0.25, 0.3) is 0 Å². The third-order valence-corrected chi connectivity index (χ3v) is 6.93. The first-order valence-corrected chi connectivity index (χ1v) is 12.0. The highest BCUT2D eigenvalue weighted by Crippen LogP contribution is 2.46. The molecule has 1 aliphatic carbocycles. The van der Waals surface area contributed by atoms with Gasteiger partial charge >= 0.3 is 0 Å². The maximum atomic E-state index is 6.52. The molecule has 0 radical (unpaired) electrons. The summed E-state index contributed by atoms with van der Waals surface area (Å²) in [5, 5.41) is 16.0. The van der Waals surface area contributed by atoms with Crippen LogP contribution >= 0.6 is 24.0 Å². The SMILES string of the molecule is CCNC(=NCc1nnc2n1CCCCC2)NC1CC2(CCCC2)Oc2ccccc21.I. The van der Waals surface area contributed by atoms with Gasteiger partial charge in [-0.25, -0.2) is 4.99 Å². The van der Waals surface area contributed by atoms with E-state index in [0.29, 0.717) is 6.54 Å². The van der Waals surface area contributed by atoms with Crippen molar-refractivity contribution in [3.05, 3.63) is 41.5 Å². The number of fused-ring (bicyclic) bond motifs is 2. The van der Waals surface area contributed by atoms with Crippen LogP contribution in [0.5, 0.6) is 5.75 Å². The Kier molecular flexibility index (Phi) is 7.58. The fourth-order valence-electron chi connectivity index (χ4n) is 5.37. The molecule has 2 aromatic rings. The minimum atomic E-state index is -0.0341. The molecule has 0 bridgehead atoms. The molecule has 1 unspecified atom stereocenters. The lowest BCUT2D eigenvalue weighted by Crippen LogP contribution is -2.46. The Labute approximate surface area is 207 Å². The largest absolute Gasteiger partial charge is 0.487 e. The molecule has 1 atom stereocenters. The molecule has 7 nitrogen and oxygen atoms in total. The van der Waals surface area contributed by atoms with Crippen LogP contribution in [0.2, 0.25) is 0 Å². The van der Waals surface area contributed by atoms with E-state index in [1.165, 1.54) is 37.7 Å². The number of ether oxygens (including phenoxy) is 1. The van der Waals surface area contributed by atoms with Gasteiger partial charge in [0, 0.05) is 31.5 Å². The molecule has 1 fully saturated rings. The summed E-state index contributed by atoms with van der Waals surface area (Å²) in [7, 11) is 0. The fraction of sp³-hybridized carbons (Fsp3) is 0.625. The van der Waals surface area contributed by atoms with Crippen LogP contribution in [0.3, 0.4) is 0 Å². The zero-order chi connectivity index (χ0) is 21.1. The van der Waals surface area contributed by atoms with Gasteiger partial charge in [0.1, 0.15) is 23.7 Å². The van der Waals surface area contributed by atoms with Crippen LogP contribution in [-0.4, -0.2) is 32.9 Å². The average molecular weight is 550 g/mol. The second-order valence-corrected chi connectivity index (χ2v) is 9.12. The minimum absolute atomic E-state index is 0. The minimum Gasteiger partial charge on any atom is -0.487 e. The summed E-state index contributed by atoms with van der Waals surface area (Å²) < 4.78 is 8.80. The van der Waals surface area contributed by atoms with Gasteiger partial charge in [-0.15, -0.1) is 34.2 Å². The maximum Gasteiger partial charge on any atom is 0.192 e. The van der Waals surface area contributed by atoms with Crippen molar-refractivity contribution in [1.29, 1.82) is 0 Å². The third-order valence-electron chi connectivity index (χ3n) is 6.93. The summed E-state index contributed by atoms with van der Waals surface area (Å²) in [5.41, 5.74) is 1.19. The first-order chi connectivity index (χ1) is 15.3. The quantitative estimate of drug-likeness (QED) is 0.333. The standard InChI is InChI=1S/C24H34N6O.HI/c1-2-25-23(26-17-22-29-28-21-12-4-3-9-15-30(21)22)27-19-16-24(13-7-8-14-24)31-20-11-6-5-10-18(19)20;/h5-6,10-11,19H,2-4,7-9,12-17H2,1H3,(H2,25,26,27);1H. The Hall–Kier alpha value is -1.84. The summed E-state index contributed by atoms with van der Waals surface area (Å²) >= 11 is 0. The van der Waals surface area contributed by atoms with Crippen LogP contribution < -0.4 is 15.4 Å². The van der Waals surface area contributed by atoms with Crippen LogP contribution in [0, 0.1) is 0 Å². The Bertz CT molecular complexity index is 936. The van der Waals surface area contributed by atoms with E-state index in [1.54, 1.807) is 0 Å². The lowest BCUT2D eigenvalue weighted by Gasteiger charge is -2.40. The third kappa shape index (κ3) is 4.89. The number of aliphatic imine (C=N–C) groups is 1. The second kappa shape index (κ2) is 10.4. The number of hydrogen-bond donors (Lipinski definition) is 2. The number of benzene rings is 1. The molecule has 32 heavy (non-hydrogen) atoms. The molecule has 2 N–H and O–H groups in total. The lowest BCUT2D eigenvalue weighted by atomic mass is 9.86. The Balaban J connectivity index is 0.00000245. The molecule has 1 aromatic heterocycles. The predicted molar refractivity (Wildman–Crippen MR) is 137 cm³/mol. The predicted octanol–water partition coefficient (Wildman–Crippen LogP) is 4.51. The number of guanidine groups is 1. The number of nitrogens with one attached hydrogen (secondary N) is 2. The summed E-state index contributed by atoms with van der Waals surface area (Å²) in [6.45, 7) is 4.47. The number of hydrogen-bond acceptors (Lipinski definition) is 4. The molecule has 0 amide bonds. The highest BCUT2D eigenvalue weighted by atomic mass is 127. The topological polar surface area (TPSA) is 76.4 Å². The smallest absolute Gasteiger partial charge is 0.192 e. The van der Waals surface area contributed by atoms with Crippen molar-refractivity contribution in [2.75, 3.05) is 6.54 Å². The first-order valence-electron chi connectivity index (χ1n) is 12.0. The van der Waals surface area contributed by atoms with Crippen LogP contribution in [-0.2, 0) is 19.5 Å². The van der Waals surface area contributed by atoms with E-state index in [1.807, 2.05) is 0 Å². The van der Waals surface area contributed by atoms with Crippen molar-refractivity contribution in [1.82, 2.24) is 25.4 Å². The van der Waals surface area contributed by atoms with Crippen molar-refractivity contribution >= 4 is 29.9 Å². The summed E-state index contributed by atoms with van der Waals surface area (Å²) in [4.78, 5) is 4.91. The van der Waals surface area contributed by atoms with E-state index in [0.717, 1.165) is 62.1 Å². The van der Waals surface area contributed by atoms with E-state index in [9.17, 15) is 0 Å². The van der Waals surface area contributed by atoms with Crippen molar-refractivity contribution in [2.45, 2.75) is 89.4 Å². The summed E-state index contributed by atoms with van der Waals surface area (Å²) in [5.74, 6) is 3.94. The van der Waals surface area contributed by atoms with Crippen LogP contribution in [0.1, 0.15) is 81.5 Å². The van der Waals surface area contributed by atoms with Gasteiger partial charge in [0.15, 0.2) is 11.8 Å². The Morgan fingerprint density at radius 2 is 2.00 bits per heavy atom. The van der Waals surface area contributed by atoms with E-state index in [2.05, 4.69) is 56.6 Å². The zero-order valence-electron chi connectivity index (χ0n) is 19.0. The maximum absolute atomic E-state index is 6.52. The summed E-state index contributed by atoms with van der Waals surface area (Å²) in [6.07, 6.45) is 10.4. The molecule has 3 aliphatic rings. The molecule has 5 rings (SSSR count). The molecule has 174 valence electrons. The van der Waals surface area contributed by atoms with Gasteiger partial charge in [0.05, 0.1) is 6.04 Å². The molecule has 1 spiro atoms. The molecule has 1 aromatic carbocycles. The molecular formula is C24H35IN6O. The Morgan fingerprint density at radius 1 is 1.16 bits per heavy atom. The van der Waals surface area contributed by atoms with E-state index in [4.69, 9.17) is 9.73 Å². The first kappa shape index (κ1) is 23.3. The molecule has 8 heteroatoms. The molecular weight excluding hydrogens is 515 g/mol. The fourth-order valence-corrected chi connectivity index (χ4v) is 5.37. The number of para-hydroxylation sites is 1. The van der Waals surface area contributed by atoms with Gasteiger partial charge in [-0.1, -0.05) is 24.6 Å². The Morgan fingerprint density at radius 3 is 2.84 bits per heavy atom. The lowest BCUT2D eigenvalue weighted by molar-refractivity contribution is 0.0396. The highest BCUT2D eigenvalue weighted by molar-refractivity contribution is 14.0. The van der Waals surface area contributed by atoms with Gasteiger partial charge < -0.3 is 19.9 Å². The van der Waals surface area contributed by atoms with E-state index < -0.39 is 0 Å². The highest BCUT2D eigenvalue weighted by Gasteiger charge is 2.43. The van der Waals surface area contributed by atoms with Crippen molar-refractivity contribution in [3.63, 3.8) is 0 Å². The van der Waals surface area contributed by atoms with Gasteiger partial charge in [-0.3, -0.25) is 0 Å². The normalized spacial score (nSPS) is 21.7. The molecule has 2 aliphatic heterocycles. The number of halogens is 1. The van der Waals surface area contributed by atoms with Gasteiger partial charge in [0.2, 0.25) is 0 Å². The zero-order valence-corrected chi connectivity index (χ0v) is 21.3.